The van der Waals surface area contributed by atoms with Crippen molar-refractivity contribution >= 4 is 23.1 Å². The summed E-state index contributed by atoms with van der Waals surface area (Å²) >= 11 is 5.81. The summed E-state index contributed by atoms with van der Waals surface area (Å²) in [5.41, 5.74) is 7.41. The minimum absolute atomic E-state index is 0.225. The summed E-state index contributed by atoms with van der Waals surface area (Å²) in [5, 5.41) is 3.46. The third-order valence-corrected chi connectivity index (χ3v) is 3.33. The molecule has 1 heterocycles. The van der Waals surface area contributed by atoms with Crippen molar-refractivity contribution in [3.63, 3.8) is 0 Å². The zero-order valence-electron chi connectivity index (χ0n) is 11.1. The van der Waals surface area contributed by atoms with Crippen molar-refractivity contribution in [1.82, 2.24) is 9.97 Å². The molecule has 1 aromatic rings. The smallest absolute Gasteiger partial charge is 0.224 e. The number of nitrogens with zero attached hydrogens (tertiary/aromatic N) is 2. The Morgan fingerprint density at radius 1 is 1.35 bits per heavy atom. The molecule has 4 nitrogen and oxygen atoms in total. The Balaban J connectivity index is 2.76. The first kappa shape index (κ1) is 14.0. The first-order valence-corrected chi connectivity index (χ1v) is 6.13. The molecule has 0 saturated heterocycles. The minimum atomic E-state index is 0.225. The highest BCUT2D eigenvalue weighted by atomic mass is 35.5. The van der Waals surface area contributed by atoms with Gasteiger partial charge in [-0.1, -0.05) is 27.7 Å². The maximum absolute atomic E-state index is 5.90. The zero-order valence-corrected chi connectivity index (χ0v) is 11.9. The molecule has 0 aliphatic heterocycles. The molecular weight excluding hydrogens is 236 g/mol. The molecule has 17 heavy (non-hydrogen) atoms. The molecule has 0 amide bonds. The number of nitrogen functional groups attached to an aromatic ring is 1. The maximum Gasteiger partial charge on any atom is 0.224 e. The fraction of sp³-hybridized carbons (Fsp3) is 0.667. The number of nitrogens with one attached hydrogen (secondary N) is 1. The van der Waals surface area contributed by atoms with Gasteiger partial charge in [-0.3, -0.25) is 0 Å². The van der Waals surface area contributed by atoms with Gasteiger partial charge in [0, 0.05) is 6.54 Å². The molecule has 1 unspecified atom stereocenters. The van der Waals surface area contributed by atoms with Gasteiger partial charge in [-0.15, -0.1) is 0 Å². The van der Waals surface area contributed by atoms with Crippen LogP contribution < -0.4 is 11.1 Å². The normalized spacial score (nSPS) is 13.5. The topological polar surface area (TPSA) is 63.8 Å². The molecular formula is C12H21ClN4. The molecule has 0 aliphatic carbocycles. The van der Waals surface area contributed by atoms with Crippen molar-refractivity contribution in [1.29, 1.82) is 0 Å². The van der Waals surface area contributed by atoms with Crippen LogP contribution in [0.5, 0.6) is 0 Å². The van der Waals surface area contributed by atoms with E-state index in [1.54, 1.807) is 0 Å². The number of nitrogens with two attached hydrogens (primary N) is 1. The summed E-state index contributed by atoms with van der Waals surface area (Å²) in [6, 6.07) is 0. The quantitative estimate of drug-likeness (QED) is 0.816. The summed E-state index contributed by atoms with van der Waals surface area (Å²) in [4.78, 5) is 8.10. The Kier molecular flexibility index (Phi) is 4.20. The van der Waals surface area contributed by atoms with E-state index >= 15 is 0 Å². The fourth-order valence-corrected chi connectivity index (χ4v) is 1.45. The van der Waals surface area contributed by atoms with Crippen LogP contribution in [0.1, 0.15) is 33.4 Å². The van der Waals surface area contributed by atoms with Gasteiger partial charge in [0.2, 0.25) is 5.28 Å². The molecule has 0 aromatic carbocycles. The van der Waals surface area contributed by atoms with Crippen molar-refractivity contribution in [2.45, 2.75) is 34.6 Å². The fourth-order valence-electron chi connectivity index (χ4n) is 1.24. The molecule has 0 bridgehead atoms. The predicted octanol–water partition coefficient (Wildman–Crippen LogP) is 3.11. The Labute approximate surface area is 108 Å². The number of aromatic nitrogens is 2. The van der Waals surface area contributed by atoms with E-state index in [0.29, 0.717) is 23.1 Å². The predicted molar refractivity (Wildman–Crippen MR) is 73.3 cm³/mol. The average molecular weight is 257 g/mol. The van der Waals surface area contributed by atoms with E-state index in [9.17, 15) is 0 Å². The van der Waals surface area contributed by atoms with Gasteiger partial charge in [-0.05, 0) is 29.9 Å². The maximum atomic E-state index is 5.90. The van der Waals surface area contributed by atoms with Crippen molar-refractivity contribution in [2.24, 2.45) is 11.3 Å². The highest BCUT2D eigenvalue weighted by Gasteiger charge is 2.20. The van der Waals surface area contributed by atoms with E-state index in [-0.39, 0.29) is 10.7 Å². The Morgan fingerprint density at radius 3 is 2.47 bits per heavy atom. The molecule has 0 radical (unpaired) electrons. The van der Waals surface area contributed by atoms with E-state index in [1.165, 1.54) is 0 Å². The van der Waals surface area contributed by atoms with Crippen LogP contribution in [0.15, 0.2) is 0 Å². The summed E-state index contributed by atoms with van der Waals surface area (Å²) in [6.07, 6.45) is 0. The average Bonchev–Trinajstić information content (AvgIpc) is 2.19. The molecule has 1 atom stereocenters. The second-order valence-corrected chi connectivity index (χ2v) is 5.83. The van der Waals surface area contributed by atoms with Gasteiger partial charge < -0.3 is 11.1 Å². The molecule has 1 rings (SSSR count). The lowest BCUT2D eigenvalue weighted by Crippen LogP contribution is -2.25. The van der Waals surface area contributed by atoms with Crippen LogP contribution in [0.25, 0.3) is 0 Å². The third-order valence-electron chi connectivity index (χ3n) is 3.16. The number of hydrogen-bond acceptors (Lipinski definition) is 4. The number of anilines is 2. The van der Waals surface area contributed by atoms with Crippen molar-refractivity contribution < 1.29 is 0 Å². The monoisotopic (exact) mass is 256 g/mol. The standard InChI is InChI=1S/C12H21ClN4/c1-7(12(3,4)5)6-15-10-9(14)8(2)16-11(13)17-10/h7H,6,14H2,1-5H3,(H,15,16,17). The molecule has 3 N–H and O–H groups in total. The molecule has 0 spiro atoms. The van der Waals surface area contributed by atoms with Crippen LogP contribution in [-0.4, -0.2) is 16.5 Å². The second-order valence-electron chi connectivity index (χ2n) is 5.49. The zero-order chi connectivity index (χ0) is 13.2. The molecule has 0 saturated carbocycles. The van der Waals surface area contributed by atoms with E-state index in [2.05, 4.69) is 43.0 Å². The Hall–Kier alpha value is -1.03. The first-order valence-electron chi connectivity index (χ1n) is 5.75. The van der Waals surface area contributed by atoms with Gasteiger partial charge in [-0.2, -0.15) is 4.98 Å². The summed E-state index contributed by atoms with van der Waals surface area (Å²) < 4.78 is 0. The van der Waals surface area contributed by atoms with Gasteiger partial charge in [0.1, 0.15) is 0 Å². The summed E-state index contributed by atoms with van der Waals surface area (Å²) in [7, 11) is 0. The minimum Gasteiger partial charge on any atom is -0.394 e. The highest BCUT2D eigenvalue weighted by Crippen LogP contribution is 2.27. The highest BCUT2D eigenvalue weighted by molar-refractivity contribution is 6.28. The van der Waals surface area contributed by atoms with Gasteiger partial charge in [-0.25, -0.2) is 4.98 Å². The number of aryl methyl sites for hydroxylation is 1. The molecule has 1 aromatic heterocycles. The third kappa shape index (κ3) is 3.73. The number of hydrogen-bond donors (Lipinski definition) is 2. The number of halogens is 1. The van der Waals surface area contributed by atoms with Crippen LogP contribution in [0.3, 0.4) is 0 Å². The van der Waals surface area contributed by atoms with Crippen molar-refractivity contribution in [3.05, 3.63) is 11.0 Å². The Bertz CT molecular complexity index is 398. The van der Waals surface area contributed by atoms with E-state index < -0.39 is 0 Å². The van der Waals surface area contributed by atoms with Gasteiger partial charge in [0.15, 0.2) is 5.82 Å². The van der Waals surface area contributed by atoms with Crippen LogP contribution >= 0.6 is 11.6 Å². The lowest BCUT2D eigenvalue weighted by Gasteiger charge is -2.27. The molecule has 5 heteroatoms. The van der Waals surface area contributed by atoms with Crippen LogP contribution in [0.4, 0.5) is 11.5 Å². The van der Waals surface area contributed by atoms with Crippen molar-refractivity contribution in [3.8, 4) is 0 Å². The van der Waals surface area contributed by atoms with Crippen molar-refractivity contribution in [2.75, 3.05) is 17.6 Å². The van der Waals surface area contributed by atoms with Gasteiger partial charge in [0.05, 0.1) is 11.4 Å². The van der Waals surface area contributed by atoms with Crippen LogP contribution in [-0.2, 0) is 0 Å². The first-order chi connectivity index (χ1) is 7.71. The lowest BCUT2D eigenvalue weighted by atomic mass is 9.82. The van der Waals surface area contributed by atoms with Crippen LogP contribution in [0.2, 0.25) is 5.28 Å². The van der Waals surface area contributed by atoms with E-state index in [4.69, 9.17) is 17.3 Å². The lowest BCUT2D eigenvalue weighted by molar-refractivity contribution is 0.274. The summed E-state index contributed by atoms with van der Waals surface area (Å²) in [5.74, 6) is 1.12. The van der Waals surface area contributed by atoms with Gasteiger partial charge in [0.25, 0.3) is 0 Å². The van der Waals surface area contributed by atoms with E-state index in [0.717, 1.165) is 6.54 Å². The number of rotatable bonds is 3. The SMILES string of the molecule is Cc1nc(Cl)nc(NCC(C)C(C)(C)C)c1N. The molecule has 0 aliphatic rings. The van der Waals surface area contributed by atoms with E-state index in [1.807, 2.05) is 6.92 Å². The summed E-state index contributed by atoms with van der Waals surface area (Å²) in [6.45, 7) is 11.4. The molecule has 0 fully saturated rings. The molecule has 96 valence electrons. The largest absolute Gasteiger partial charge is 0.394 e. The van der Waals surface area contributed by atoms with Crippen LogP contribution in [0, 0.1) is 18.3 Å². The second kappa shape index (κ2) is 5.08. The van der Waals surface area contributed by atoms with Gasteiger partial charge >= 0.3 is 0 Å². The Morgan fingerprint density at radius 2 is 1.94 bits per heavy atom.